The van der Waals surface area contributed by atoms with E-state index in [1.807, 2.05) is 0 Å². The van der Waals surface area contributed by atoms with Gasteiger partial charge in [0.1, 0.15) is 17.7 Å². The highest BCUT2D eigenvalue weighted by atomic mass is 32.1. The topological polar surface area (TPSA) is 75.2 Å². The number of carbonyl (C=O) groups is 2. The van der Waals surface area contributed by atoms with Crippen molar-refractivity contribution in [3.8, 4) is 0 Å². The number of nitrogens with one attached hydrogen (secondary N) is 1. The molecule has 30 heavy (non-hydrogen) atoms. The Bertz CT molecular complexity index is 1040. The van der Waals surface area contributed by atoms with Crippen LogP contribution >= 0.6 is 11.5 Å². The lowest BCUT2D eigenvalue weighted by atomic mass is 10.0. The summed E-state index contributed by atoms with van der Waals surface area (Å²) in [6.07, 6.45) is 1.44. The molecule has 9 heteroatoms. The Balaban J connectivity index is 1.65. The summed E-state index contributed by atoms with van der Waals surface area (Å²) in [6, 6.07) is 10.3. The molecule has 0 aliphatic heterocycles. The monoisotopic (exact) mass is 428 g/mol. The lowest BCUT2D eigenvalue weighted by molar-refractivity contribution is -0.126. The average molecular weight is 428 g/mol. The molecule has 2 aromatic carbocycles. The Morgan fingerprint density at radius 1 is 1.13 bits per heavy atom. The van der Waals surface area contributed by atoms with Gasteiger partial charge in [-0.3, -0.25) is 9.59 Å². The molecule has 1 aromatic heterocycles. The third kappa shape index (κ3) is 4.35. The van der Waals surface area contributed by atoms with E-state index >= 15 is 0 Å². The minimum absolute atomic E-state index is 0.109. The summed E-state index contributed by atoms with van der Waals surface area (Å²) >= 11 is 1.03. The highest BCUT2D eigenvalue weighted by molar-refractivity contribution is 7.03. The molecule has 0 saturated heterocycles. The molecule has 1 heterocycles. The molecular formula is C21H18F2N4O2S. The van der Waals surface area contributed by atoms with E-state index in [0.29, 0.717) is 5.56 Å². The lowest BCUT2D eigenvalue weighted by Crippen LogP contribution is -2.45. The molecule has 1 aliphatic rings. The van der Waals surface area contributed by atoms with Crippen molar-refractivity contribution in [1.29, 1.82) is 0 Å². The molecule has 2 amide bonds. The molecule has 1 N–H and O–H groups in total. The maximum Gasteiger partial charge on any atom is 0.276 e. The van der Waals surface area contributed by atoms with E-state index in [1.54, 1.807) is 18.2 Å². The van der Waals surface area contributed by atoms with Gasteiger partial charge in [0.15, 0.2) is 5.69 Å². The molecule has 1 atom stereocenters. The Kier molecular flexibility index (Phi) is 5.80. The standard InChI is InChI=1S/C21H18F2N4O2S/c22-14-7-5-13(6-8-14)11-24-20(28)19(16-3-1-2-4-17(16)23)27(15-9-10-15)21(29)18-12-30-26-25-18/h1-8,12,15,19H,9-11H2,(H,24,28)/t19-/m1/s1. The van der Waals surface area contributed by atoms with Crippen LogP contribution in [-0.4, -0.2) is 32.3 Å². The first-order chi connectivity index (χ1) is 14.5. The molecule has 3 aromatic rings. The summed E-state index contributed by atoms with van der Waals surface area (Å²) in [5, 5.41) is 8.08. The van der Waals surface area contributed by atoms with E-state index in [4.69, 9.17) is 0 Å². The summed E-state index contributed by atoms with van der Waals surface area (Å²) in [5.74, 6) is -1.93. The van der Waals surface area contributed by atoms with Crippen LogP contribution in [0, 0.1) is 11.6 Å². The van der Waals surface area contributed by atoms with Gasteiger partial charge in [-0.1, -0.05) is 34.8 Å². The van der Waals surface area contributed by atoms with Crippen LogP contribution in [0.1, 0.15) is 40.5 Å². The fourth-order valence-electron chi connectivity index (χ4n) is 3.24. The van der Waals surface area contributed by atoms with E-state index < -0.39 is 23.7 Å². The predicted molar refractivity (Wildman–Crippen MR) is 106 cm³/mol. The third-order valence-corrected chi connectivity index (χ3v) is 5.36. The number of aromatic nitrogens is 2. The summed E-state index contributed by atoms with van der Waals surface area (Å²) in [4.78, 5) is 27.7. The van der Waals surface area contributed by atoms with Gasteiger partial charge in [0, 0.05) is 23.5 Å². The Morgan fingerprint density at radius 3 is 2.50 bits per heavy atom. The van der Waals surface area contributed by atoms with Crippen LogP contribution in [-0.2, 0) is 11.3 Å². The molecule has 6 nitrogen and oxygen atoms in total. The van der Waals surface area contributed by atoms with Gasteiger partial charge in [-0.2, -0.15) is 0 Å². The summed E-state index contributed by atoms with van der Waals surface area (Å²) in [7, 11) is 0. The first-order valence-corrected chi connectivity index (χ1v) is 10.2. The second kappa shape index (κ2) is 8.66. The number of carbonyl (C=O) groups excluding carboxylic acids is 2. The van der Waals surface area contributed by atoms with Crippen LogP contribution in [0.4, 0.5) is 8.78 Å². The number of amides is 2. The van der Waals surface area contributed by atoms with Crippen LogP contribution in [0.25, 0.3) is 0 Å². The van der Waals surface area contributed by atoms with Gasteiger partial charge in [-0.05, 0) is 48.1 Å². The van der Waals surface area contributed by atoms with E-state index in [0.717, 1.165) is 24.4 Å². The van der Waals surface area contributed by atoms with E-state index in [2.05, 4.69) is 14.9 Å². The number of hydrogen-bond acceptors (Lipinski definition) is 5. The molecule has 154 valence electrons. The van der Waals surface area contributed by atoms with Crippen molar-refractivity contribution in [3.63, 3.8) is 0 Å². The first-order valence-electron chi connectivity index (χ1n) is 9.41. The van der Waals surface area contributed by atoms with Crippen molar-refractivity contribution < 1.29 is 18.4 Å². The molecule has 0 spiro atoms. The normalized spacial score (nSPS) is 14.2. The Labute approximate surface area is 175 Å². The highest BCUT2D eigenvalue weighted by Gasteiger charge is 2.43. The van der Waals surface area contributed by atoms with Crippen molar-refractivity contribution in [1.82, 2.24) is 19.8 Å². The van der Waals surface area contributed by atoms with Crippen molar-refractivity contribution >= 4 is 23.3 Å². The van der Waals surface area contributed by atoms with Crippen LogP contribution in [0.5, 0.6) is 0 Å². The SMILES string of the molecule is O=C(NCc1ccc(F)cc1)[C@@H](c1ccccc1F)N(C(=O)c1csnn1)C1CC1. The maximum absolute atomic E-state index is 14.7. The van der Waals surface area contributed by atoms with Gasteiger partial charge in [0.2, 0.25) is 5.91 Å². The zero-order valence-electron chi connectivity index (χ0n) is 15.8. The van der Waals surface area contributed by atoms with Gasteiger partial charge in [0.05, 0.1) is 0 Å². The molecule has 1 fully saturated rings. The van der Waals surface area contributed by atoms with Crippen LogP contribution in [0.2, 0.25) is 0 Å². The van der Waals surface area contributed by atoms with Crippen molar-refractivity contribution in [3.05, 3.63) is 82.4 Å². The Hall–Kier alpha value is -3.20. The quantitative estimate of drug-likeness (QED) is 0.625. The lowest BCUT2D eigenvalue weighted by Gasteiger charge is -2.31. The first kappa shape index (κ1) is 20.1. The predicted octanol–water partition coefficient (Wildman–Crippen LogP) is 3.48. The van der Waals surface area contributed by atoms with Crippen molar-refractivity contribution in [2.75, 3.05) is 0 Å². The van der Waals surface area contributed by atoms with Crippen molar-refractivity contribution in [2.45, 2.75) is 31.5 Å². The van der Waals surface area contributed by atoms with Crippen LogP contribution in [0.15, 0.2) is 53.9 Å². The summed E-state index contributed by atoms with van der Waals surface area (Å²) in [6.45, 7) is 0.120. The van der Waals surface area contributed by atoms with Gasteiger partial charge >= 0.3 is 0 Å². The summed E-state index contributed by atoms with van der Waals surface area (Å²) in [5.41, 5.74) is 0.919. The molecule has 4 rings (SSSR count). The molecule has 0 bridgehead atoms. The fraction of sp³-hybridized carbons (Fsp3) is 0.238. The molecule has 0 unspecified atom stereocenters. The smallest absolute Gasteiger partial charge is 0.276 e. The molecule has 0 radical (unpaired) electrons. The summed E-state index contributed by atoms with van der Waals surface area (Å²) < 4.78 is 31.5. The second-order valence-electron chi connectivity index (χ2n) is 7.00. The zero-order chi connectivity index (χ0) is 21.1. The van der Waals surface area contributed by atoms with E-state index in [1.165, 1.54) is 40.6 Å². The maximum atomic E-state index is 14.7. The van der Waals surface area contributed by atoms with Gasteiger partial charge in [0.25, 0.3) is 5.91 Å². The highest BCUT2D eigenvalue weighted by Crippen LogP contribution is 2.36. The number of hydrogen-bond donors (Lipinski definition) is 1. The van der Waals surface area contributed by atoms with Crippen LogP contribution in [0.3, 0.4) is 0 Å². The van der Waals surface area contributed by atoms with E-state index in [9.17, 15) is 18.4 Å². The minimum Gasteiger partial charge on any atom is -0.350 e. The molecule has 1 saturated carbocycles. The van der Waals surface area contributed by atoms with Gasteiger partial charge in [-0.15, -0.1) is 5.10 Å². The fourth-order valence-corrected chi connectivity index (χ4v) is 3.67. The minimum atomic E-state index is -1.16. The Morgan fingerprint density at radius 2 is 1.87 bits per heavy atom. The van der Waals surface area contributed by atoms with Gasteiger partial charge in [-0.25, -0.2) is 8.78 Å². The van der Waals surface area contributed by atoms with Crippen LogP contribution < -0.4 is 5.32 Å². The number of benzene rings is 2. The number of rotatable bonds is 7. The number of halogens is 2. The van der Waals surface area contributed by atoms with Crippen molar-refractivity contribution in [2.24, 2.45) is 0 Å². The molecule has 1 aliphatic carbocycles. The average Bonchev–Trinajstić information content (AvgIpc) is 3.43. The molecular weight excluding hydrogens is 410 g/mol. The number of nitrogens with zero attached hydrogens (tertiary/aromatic N) is 3. The second-order valence-corrected chi connectivity index (χ2v) is 7.61. The largest absolute Gasteiger partial charge is 0.350 e. The third-order valence-electron chi connectivity index (χ3n) is 4.86. The zero-order valence-corrected chi connectivity index (χ0v) is 16.6. The van der Waals surface area contributed by atoms with E-state index in [-0.39, 0.29) is 29.7 Å². The van der Waals surface area contributed by atoms with Gasteiger partial charge < -0.3 is 10.2 Å².